The molecule has 14 heavy (non-hydrogen) atoms. The lowest BCUT2D eigenvalue weighted by Gasteiger charge is -2.30. The molecule has 0 bridgehead atoms. The van der Waals surface area contributed by atoms with Crippen molar-refractivity contribution in [2.24, 2.45) is 0 Å². The Hall–Kier alpha value is -0.280. The van der Waals surface area contributed by atoms with Crippen molar-refractivity contribution in [2.45, 2.75) is 39.2 Å². The summed E-state index contributed by atoms with van der Waals surface area (Å²) in [5.74, 6) is 0.624. The molecule has 0 aliphatic rings. The number of thiazole rings is 1. The van der Waals surface area contributed by atoms with E-state index in [4.69, 9.17) is 11.6 Å². The van der Waals surface area contributed by atoms with E-state index in [9.17, 15) is 0 Å². The topological polar surface area (TPSA) is 24.9 Å². The molecule has 2 nitrogen and oxygen atoms in total. The number of hydrogen-bond donors (Lipinski definition) is 1. The summed E-state index contributed by atoms with van der Waals surface area (Å²) >= 11 is 7.64. The molecule has 0 aliphatic heterocycles. The number of alkyl halides is 1. The van der Waals surface area contributed by atoms with E-state index in [1.807, 2.05) is 12.3 Å². The summed E-state index contributed by atoms with van der Waals surface area (Å²) in [6, 6.07) is 0. The predicted octanol–water partition coefficient (Wildman–Crippen LogP) is 3.66. The second-order valence-corrected chi connectivity index (χ2v) is 4.67. The summed E-state index contributed by atoms with van der Waals surface area (Å²) in [5, 5.41) is 6.46. The van der Waals surface area contributed by atoms with E-state index in [2.05, 4.69) is 24.1 Å². The third kappa shape index (κ3) is 2.61. The number of aryl methyl sites for hydroxylation is 1. The Kier molecular flexibility index (Phi) is 4.20. The van der Waals surface area contributed by atoms with Gasteiger partial charge in [0.15, 0.2) is 5.13 Å². The van der Waals surface area contributed by atoms with Gasteiger partial charge in [-0.25, -0.2) is 4.98 Å². The van der Waals surface area contributed by atoms with Crippen molar-refractivity contribution in [3.63, 3.8) is 0 Å². The maximum absolute atomic E-state index is 6.00. The Morgan fingerprint density at radius 3 is 2.50 bits per heavy atom. The number of hydrogen-bond acceptors (Lipinski definition) is 3. The number of aromatic nitrogens is 1. The third-order valence-corrected chi connectivity index (χ3v) is 3.99. The SMILES string of the molecule is CCC(CC)(CCl)Nc1nc(C)cs1. The zero-order chi connectivity index (χ0) is 10.6. The highest BCUT2D eigenvalue weighted by Gasteiger charge is 2.25. The highest BCUT2D eigenvalue weighted by Crippen LogP contribution is 2.25. The molecule has 0 radical (unpaired) electrons. The van der Waals surface area contributed by atoms with Crippen LogP contribution in [-0.2, 0) is 0 Å². The fourth-order valence-corrected chi connectivity index (χ4v) is 2.54. The van der Waals surface area contributed by atoms with Gasteiger partial charge in [-0.05, 0) is 19.8 Å². The first kappa shape index (κ1) is 11.8. The van der Waals surface area contributed by atoms with Crippen molar-refractivity contribution in [1.82, 2.24) is 4.98 Å². The van der Waals surface area contributed by atoms with Gasteiger partial charge in [0.05, 0.1) is 11.2 Å². The third-order valence-electron chi connectivity index (χ3n) is 2.60. The molecule has 0 atom stereocenters. The van der Waals surface area contributed by atoms with Gasteiger partial charge in [-0.15, -0.1) is 22.9 Å². The smallest absolute Gasteiger partial charge is 0.183 e. The number of halogens is 1. The first-order valence-electron chi connectivity index (χ1n) is 4.92. The summed E-state index contributed by atoms with van der Waals surface area (Å²) in [6.45, 7) is 6.31. The molecule has 4 heteroatoms. The summed E-state index contributed by atoms with van der Waals surface area (Å²) in [7, 11) is 0. The average molecular weight is 233 g/mol. The molecule has 0 aromatic carbocycles. The van der Waals surface area contributed by atoms with Gasteiger partial charge in [-0.1, -0.05) is 13.8 Å². The van der Waals surface area contributed by atoms with Crippen molar-refractivity contribution < 1.29 is 0 Å². The van der Waals surface area contributed by atoms with Crippen LogP contribution in [0.15, 0.2) is 5.38 Å². The van der Waals surface area contributed by atoms with E-state index in [1.165, 1.54) is 0 Å². The van der Waals surface area contributed by atoms with Crippen LogP contribution < -0.4 is 5.32 Å². The number of anilines is 1. The molecule has 1 aromatic rings. The standard InChI is InChI=1S/C10H17ClN2S/c1-4-10(5-2,7-11)13-9-12-8(3)6-14-9/h6H,4-5,7H2,1-3H3,(H,12,13). The van der Waals surface area contributed by atoms with Crippen LogP contribution in [0.1, 0.15) is 32.4 Å². The van der Waals surface area contributed by atoms with Crippen molar-refractivity contribution in [3.05, 3.63) is 11.1 Å². The largest absolute Gasteiger partial charge is 0.355 e. The lowest BCUT2D eigenvalue weighted by Crippen LogP contribution is -2.38. The highest BCUT2D eigenvalue weighted by molar-refractivity contribution is 7.13. The molecule has 0 saturated heterocycles. The lowest BCUT2D eigenvalue weighted by molar-refractivity contribution is 0.484. The van der Waals surface area contributed by atoms with Gasteiger partial charge < -0.3 is 5.32 Å². The van der Waals surface area contributed by atoms with Gasteiger partial charge in [0, 0.05) is 11.3 Å². The maximum Gasteiger partial charge on any atom is 0.183 e. The van der Waals surface area contributed by atoms with E-state index in [1.54, 1.807) is 11.3 Å². The molecule has 0 spiro atoms. The summed E-state index contributed by atoms with van der Waals surface area (Å²) in [5.41, 5.74) is 1.07. The molecule has 0 unspecified atom stereocenters. The van der Waals surface area contributed by atoms with Gasteiger partial charge >= 0.3 is 0 Å². The second kappa shape index (κ2) is 4.99. The quantitative estimate of drug-likeness (QED) is 0.784. The van der Waals surface area contributed by atoms with Crippen LogP contribution in [0.4, 0.5) is 5.13 Å². The van der Waals surface area contributed by atoms with Gasteiger partial charge in [0.1, 0.15) is 0 Å². The van der Waals surface area contributed by atoms with Crippen molar-refractivity contribution >= 4 is 28.1 Å². The van der Waals surface area contributed by atoms with Gasteiger partial charge in [0.25, 0.3) is 0 Å². The molecule has 1 aromatic heterocycles. The van der Waals surface area contributed by atoms with Gasteiger partial charge in [-0.2, -0.15) is 0 Å². The molecule has 1 heterocycles. The molecule has 0 aliphatic carbocycles. The Labute approximate surface area is 94.7 Å². The van der Waals surface area contributed by atoms with Crippen LogP contribution in [0, 0.1) is 6.92 Å². The molecule has 0 fully saturated rings. The Morgan fingerprint density at radius 2 is 2.14 bits per heavy atom. The fourth-order valence-electron chi connectivity index (χ4n) is 1.29. The van der Waals surface area contributed by atoms with Crippen LogP contribution in [0.2, 0.25) is 0 Å². The summed E-state index contributed by atoms with van der Waals surface area (Å²) < 4.78 is 0. The minimum atomic E-state index is 0.00580. The summed E-state index contributed by atoms with van der Waals surface area (Å²) in [6.07, 6.45) is 2.04. The van der Waals surface area contributed by atoms with Crippen molar-refractivity contribution in [3.8, 4) is 0 Å². The van der Waals surface area contributed by atoms with Gasteiger partial charge in [0.2, 0.25) is 0 Å². The molecule has 0 amide bonds. The molecular weight excluding hydrogens is 216 g/mol. The lowest BCUT2D eigenvalue weighted by atomic mass is 9.96. The first-order chi connectivity index (χ1) is 6.65. The fraction of sp³-hybridized carbons (Fsp3) is 0.700. The minimum Gasteiger partial charge on any atom is -0.355 e. The van der Waals surface area contributed by atoms with Crippen LogP contribution in [0.25, 0.3) is 0 Å². The van der Waals surface area contributed by atoms with E-state index >= 15 is 0 Å². The Balaban J connectivity index is 2.73. The first-order valence-corrected chi connectivity index (χ1v) is 6.33. The van der Waals surface area contributed by atoms with E-state index in [0.29, 0.717) is 5.88 Å². The normalized spacial score (nSPS) is 11.7. The number of nitrogens with one attached hydrogen (secondary N) is 1. The van der Waals surface area contributed by atoms with Crippen LogP contribution in [0.5, 0.6) is 0 Å². The van der Waals surface area contributed by atoms with Crippen LogP contribution in [-0.4, -0.2) is 16.4 Å². The second-order valence-electron chi connectivity index (χ2n) is 3.54. The summed E-state index contributed by atoms with van der Waals surface area (Å²) in [4.78, 5) is 4.39. The maximum atomic E-state index is 6.00. The molecule has 0 saturated carbocycles. The predicted molar refractivity (Wildman–Crippen MR) is 64.5 cm³/mol. The van der Waals surface area contributed by atoms with E-state index in [0.717, 1.165) is 23.7 Å². The Morgan fingerprint density at radius 1 is 1.50 bits per heavy atom. The molecule has 80 valence electrons. The molecular formula is C10H17ClN2S. The van der Waals surface area contributed by atoms with Crippen LogP contribution in [0.3, 0.4) is 0 Å². The highest BCUT2D eigenvalue weighted by atomic mass is 35.5. The van der Waals surface area contributed by atoms with Crippen LogP contribution >= 0.6 is 22.9 Å². The van der Waals surface area contributed by atoms with E-state index in [-0.39, 0.29) is 5.54 Å². The minimum absolute atomic E-state index is 0.00580. The Bertz CT molecular complexity index is 273. The zero-order valence-corrected chi connectivity index (χ0v) is 10.5. The average Bonchev–Trinajstić information content (AvgIpc) is 2.61. The number of nitrogens with zero attached hydrogens (tertiary/aromatic N) is 1. The van der Waals surface area contributed by atoms with Crippen molar-refractivity contribution in [2.75, 3.05) is 11.2 Å². The number of rotatable bonds is 5. The monoisotopic (exact) mass is 232 g/mol. The van der Waals surface area contributed by atoms with Crippen molar-refractivity contribution in [1.29, 1.82) is 0 Å². The van der Waals surface area contributed by atoms with Gasteiger partial charge in [-0.3, -0.25) is 0 Å². The molecule has 1 rings (SSSR count). The molecule has 1 N–H and O–H groups in total. The zero-order valence-electron chi connectivity index (χ0n) is 8.93. The van der Waals surface area contributed by atoms with E-state index < -0.39 is 0 Å².